The number of aryl methyl sites for hydroxylation is 1. The van der Waals surface area contributed by atoms with Gasteiger partial charge in [-0.2, -0.15) is 0 Å². The average molecular weight is 548 g/mol. The van der Waals surface area contributed by atoms with E-state index in [1.807, 2.05) is 43.7 Å². The molecule has 1 unspecified atom stereocenters. The van der Waals surface area contributed by atoms with Crippen LogP contribution in [-0.4, -0.2) is 55.7 Å². The Morgan fingerprint density at radius 2 is 1.77 bits per heavy atom. The molecular weight excluding hydrogens is 512 g/mol. The maximum atomic E-state index is 15.0. The largest absolute Gasteiger partial charge is 0.381 e. The van der Waals surface area contributed by atoms with Crippen LogP contribution in [0.3, 0.4) is 0 Å². The first-order valence-electron chi connectivity index (χ1n) is 14.0. The van der Waals surface area contributed by atoms with Crippen LogP contribution in [0.5, 0.6) is 0 Å². The quantitative estimate of drug-likeness (QED) is 0.301. The number of hydrogen-bond donors (Lipinski definition) is 1. The van der Waals surface area contributed by atoms with Gasteiger partial charge in [-0.05, 0) is 89.2 Å². The average Bonchev–Trinajstić information content (AvgIpc) is 3.54. The number of rotatable bonds is 6. The molecule has 0 aliphatic carbocycles. The number of nitrogens with one attached hydrogen (secondary N) is 1. The molecule has 10 heteroatoms. The number of fused-ring (bicyclic) bond motifs is 1. The van der Waals surface area contributed by atoms with Crippen molar-refractivity contribution < 1.29 is 13.5 Å². The molecule has 0 radical (unpaired) electrons. The van der Waals surface area contributed by atoms with E-state index < -0.39 is 11.6 Å². The maximum absolute atomic E-state index is 15.0. The molecule has 40 heavy (non-hydrogen) atoms. The zero-order chi connectivity index (χ0) is 28.0. The normalized spacial score (nSPS) is 18.2. The Morgan fingerprint density at radius 1 is 0.975 bits per heavy atom. The van der Waals surface area contributed by atoms with Gasteiger partial charge in [0.15, 0.2) is 11.6 Å². The lowest BCUT2D eigenvalue weighted by molar-refractivity contribution is 0.0622. The van der Waals surface area contributed by atoms with Gasteiger partial charge >= 0.3 is 0 Å². The molecule has 4 aromatic rings. The Kier molecular flexibility index (Phi) is 7.00. The Labute approximate surface area is 232 Å². The first-order valence-corrected chi connectivity index (χ1v) is 14.0. The number of nitrogens with zero attached hydrogens (tertiary/aromatic N) is 6. The third kappa shape index (κ3) is 4.94. The summed E-state index contributed by atoms with van der Waals surface area (Å²) >= 11 is 0. The lowest BCUT2D eigenvalue weighted by Gasteiger charge is -2.41. The number of benzene rings is 1. The van der Waals surface area contributed by atoms with Crippen molar-refractivity contribution in [2.45, 2.75) is 59.0 Å². The summed E-state index contributed by atoms with van der Waals surface area (Å²) in [7, 11) is 0. The van der Waals surface area contributed by atoms with Crippen molar-refractivity contribution >= 4 is 22.8 Å². The van der Waals surface area contributed by atoms with Crippen LogP contribution in [0.15, 0.2) is 36.7 Å². The molecule has 2 saturated heterocycles. The van der Waals surface area contributed by atoms with Gasteiger partial charge < -0.3 is 14.6 Å². The second kappa shape index (κ2) is 10.5. The van der Waals surface area contributed by atoms with Crippen molar-refractivity contribution in [1.82, 2.24) is 29.4 Å². The van der Waals surface area contributed by atoms with Gasteiger partial charge in [0.2, 0.25) is 5.95 Å². The van der Waals surface area contributed by atoms with Gasteiger partial charge in [0.1, 0.15) is 22.9 Å². The smallest absolute Gasteiger partial charge is 0.229 e. The lowest BCUT2D eigenvalue weighted by Crippen LogP contribution is -2.41. The molecule has 8 nitrogen and oxygen atoms in total. The van der Waals surface area contributed by atoms with Crippen LogP contribution in [0.4, 0.5) is 20.5 Å². The van der Waals surface area contributed by atoms with Gasteiger partial charge in [-0.3, -0.25) is 4.90 Å². The summed E-state index contributed by atoms with van der Waals surface area (Å²) < 4.78 is 37.5. The first kappa shape index (κ1) is 26.7. The van der Waals surface area contributed by atoms with E-state index in [-0.39, 0.29) is 29.2 Å². The highest BCUT2D eigenvalue weighted by Crippen LogP contribution is 2.41. The maximum Gasteiger partial charge on any atom is 0.229 e. The number of imidazole rings is 1. The number of hydrogen-bond acceptors (Lipinski definition) is 7. The summed E-state index contributed by atoms with van der Waals surface area (Å²) in [6.45, 7) is 11.9. The number of halogens is 2. The van der Waals surface area contributed by atoms with Gasteiger partial charge in [-0.15, -0.1) is 0 Å². The highest BCUT2D eigenvalue weighted by Gasteiger charge is 2.39. The molecule has 2 fully saturated rings. The Bertz CT molecular complexity index is 1520. The molecule has 1 spiro atoms. The molecule has 3 aromatic heterocycles. The highest BCUT2D eigenvalue weighted by molar-refractivity contribution is 5.83. The minimum atomic E-state index is -0.638. The third-order valence-corrected chi connectivity index (χ3v) is 8.56. The van der Waals surface area contributed by atoms with Crippen molar-refractivity contribution in [2.24, 2.45) is 5.41 Å². The van der Waals surface area contributed by atoms with Crippen LogP contribution in [0.1, 0.15) is 63.5 Å². The summed E-state index contributed by atoms with van der Waals surface area (Å²) in [4.78, 5) is 19.9. The van der Waals surface area contributed by atoms with E-state index in [4.69, 9.17) is 4.74 Å². The predicted molar refractivity (Wildman–Crippen MR) is 150 cm³/mol. The van der Waals surface area contributed by atoms with E-state index in [2.05, 4.69) is 37.1 Å². The van der Waals surface area contributed by atoms with E-state index in [9.17, 15) is 4.39 Å². The summed E-state index contributed by atoms with van der Waals surface area (Å²) in [5, 5.41) is 3.07. The minimum absolute atomic E-state index is 0.00762. The van der Waals surface area contributed by atoms with E-state index in [0.717, 1.165) is 38.1 Å². The van der Waals surface area contributed by atoms with Crippen LogP contribution in [-0.2, 0) is 4.74 Å². The SMILES string of the molecule is Cc1nc2c(F)cc(-c3nc(Nc4ccc(C(C)N5CCC6(CCOC6)CC5)cn4)ncc3F)cc2n1C(C)C. The summed E-state index contributed by atoms with van der Waals surface area (Å²) in [6, 6.07) is 7.24. The lowest BCUT2D eigenvalue weighted by atomic mass is 9.77. The van der Waals surface area contributed by atoms with Gasteiger partial charge in [0.05, 0.1) is 18.3 Å². The summed E-state index contributed by atoms with van der Waals surface area (Å²) in [5.41, 5.74) is 2.69. The summed E-state index contributed by atoms with van der Waals surface area (Å²) in [6.07, 6.45) is 6.47. The van der Waals surface area contributed by atoms with E-state index in [1.165, 1.54) is 25.3 Å². The first-order chi connectivity index (χ1) is 19.2. The molecule has 1 N–H and O–H groups in total. The molecule has 2 aliphatic heterocycles. The summed E-state index contributed by atoms with van der Waals surface area (Å²) in [5.74, 6) is 0.266. The highest BCUT2D eigenvalue weighted by atomic mass is 19.1. The molecule has 5 heterocycles. The molecule has 0 bridgehead atoms. The van der Waals surface area contributed by atoms with Gasteiger partial charge in [0.25, 0.3) is 0 Å². The number of pyridine rings is 1. The standard InChI is InChI=1S/C30H35F2N7O/c1-18(2)39-20(4)35-28-23(31)13-22(14-25(28)39)27-24(32)16-34-29(37-27)36-26-6-5-21(15-33-26)19(3)38-10-7-30(8-11-38)9-12-40-17-30/h5-6,13-16,18-19H,7-12,17H2,1-4H3,(H,33,34,36,37). The zero-order valence-electron chi connectivity index (χ0n) is 23.4. The fourth-order valence-corrected chi connectivity index (χ4v) is 6.17. The van der Waals surface area contributed by atoms with Crippen LogP contribution >= 0.6 is 0 Å². The van der Waals surface area contributed by atoms with Gasteiger partial charge in [-0.1, -0.05) is 6.07 Å². The second-order valence-electron chi connectivity index (χ2n) is 11.5. The van der Waals surface area contributed by atoms with Gasteiger partial charge in [-0.25, -0.2) is 28.7 Å². The van der Waals surface area contributed by atoms with Crippen molar-refractivity contribution in [3.63, 3.8) is 0 Å². The van der Waals surface area contributed by atoms with E-state index in [0.29, 0.717) is 28.1 Å². The Morgan fingerprint density at radius 3 is 2.45 bits per heavy atom. The van der Waals surface area contributed by atoms with Crippen molar-refractivity contribution in [2.75, 3.05) is 31.6 Å². The Hall–Kier alpha value is -3.50. The van der Waals surface area contributed by atoms with Crippen molar-refractivity contribution in [1.29, 1.82) is 0 Å². The topological polar surface area (TPSA) is 81.0 Å². The Balaban J connectivity index is 1.19. The van der Waals surface area contributed by atoms with Crippen molar-refractivity contribution in [3.05, 3.63) is 59.7 Å². The predicted octanol–water partition coefficient (Wildman–Crippen LogP) is 6.36. The van der Waals surface area contributed by atoms with E-state index in [1.54, 1.807) is 6.07 Å². The van der Waals surface area contributed by atoms with E-state index >= 15 is 4.39 Å². The molecule has 6 rings (SSSR count). The molecule has 1 atom stereocenters. The number of aromatic nitrogens is 5. The molecule has 0 saturated carbocycles. The minimum Gasteiger partial charge on any atom is -0.381 e. The molecule has 0 amide bonds. The zero-order valence-corrected chi connectivity index (χ0v) is 23.4. The molecule has 210 valence electrons. The second-order valence-corrected chi connectivity index (χ2v) is 11.5. The number of piperidine rings is 1. The van der Waals surface area contributed by atoms with Crippen LogP contribution < -0.4 is 5.32 Å². The van der Waals surface area contributed by atoms with Crippen LogP contribution in [0.25, 0.3) is 22.3 Å². The number of ether oxygens (including phenoxy) is 1. The molecular formula is C30H35F2N7O. The fourth-order valence-electron chi connectivity index (χ4n) is 6.17. The van der Waals surface area contributed by atoms with Crippen LogP contribution in [0, 0.1) is 24.0 Å². The number of likely N-dealkylation sites (tertiary alicyclic amines) is 1. The van der Waals surface area contributed by atoms with Crippen molar-refractivity contribution in [3.8, 4) is 11.3 Å². The molecule has 2 aliphatic rings. The van der Waals surface area contributed by atoms with Gasteiger partial charge in [0, 0.05) is 30.5 Å². The fraction of sp³-hybridized carbons (Fsp3) is 0.467. The number of anilines is 2. The van der Waals surface area contributed by atoms with Crippen LogP contribution in [0.2, 0.25) is 0 Å². The third-order valence-electron chi connectivity index (χ3n) is 8.56. The molecule has 1 aromatic carbocycles. The monoisotopic (exact) mass is 547 g/mol.